The maximum absolute atomic E-state index is 13.4. The molecular weight excluding hydrogens is 203 g/mol. The SMILES string of the molecule is CCN=C(N)Cc1cccc(Cl)c1F. The van der Waals surface area contributed by atoms with Crippen LogP contribution in [0.3, 0.4) is 0 Å². The second kappa shape index (κ2) is 4.96. The molecule has 0 radical (unpaired) electrons. The molecule has 1 aromatic carbocycles. The van der Waals surface area contributed by atoms with Crippen LogP contribution in [0.25, 0.3) is 0 Å². The largest absolute Gasteiger partial charge is 0.387 e. The van der Waals surface area contributed by atoms with Crippen molar-refractivity contribution >= 4 is 17.4 Å². The van der Waals surface area contributed by atoms with Gasteiger partial charge < -0.3 is 5.73 Å². The summed E-state index contributed by atoms with van der Waals surface area (Å²) < 4.78 is 13.4. The molecule has 0 aliphatic rings. The van der Waals surface area contributed by atoms with Crippen molar-refractivity contribution in [3.05, 3.63) is 34.6 Å². The van der Waals surface area contributed by atoms with Gasteiger partial charge in [0.1, 0.15) is 5.82 Å². The zero-order valence-electron chi connectivity index (χ0n) is 7.93. The van der Waals surface area contributed by atoms with Gasteiger partial charge in [-0.15, -0.1) is 0 Å². The molecule has 0 unspecified atom stereocenters. The van der Waals surface area contributed by atoms with Crippen molar-refractivity contribution in [2.75, 3.05) is 6.54 Å². The molecule has 0 fully saturated rings. The Morgan fingerprint density at radius 1 is 1.57 bits per heavy atom. The van der Waals surface area contributed by atoms with E-state index in [1.54, 1.807) is 12.1 Å². The monoisotopic (exact) mass is 214 g/mol. The van der Waals surface area contributed by atoms with E-state index in [2.05, 4.69) is 4.99 Å². The molecule has 2 N–H and O–H groups in total. The first-order valence-electron chi connectivity index (χ1n) is 4.36. The Morgan fingerprint density at radius 3 is 2.93 bits per heavy atom. The fourth-order valence-electron chi connectivity index (χ4n) is 1.14. The quantitative estimate of drug-likeness (QED) is 0.609. The van der Waals surface area contributed by atoms with Crippen molar-refractivity contribution in [3.8, 4) is 0 Å². The van der Waals surface area contributed by atoms with Crippen molar-refractivity contribution in [1.29, 1.82) is 0 Å². The number of rotatable bonds is 3. The number of hydrogen-bond acceptors (Lipinski definition) is 1. The molecule has 1 aromatic rings. The Hall–Kier alpha value is -1.09. The summed E-state index contributed by atoms with van der Waals surface area (Å²) in [5.74, 6) is 0.0112. The van der Waals surface area contributed by atoms with Crippen LogP contribution in [0.15, 0.2) is 23.2 Å². The van der Waals surface area contributed by atoms with E-state index in [1.807, 2.05) is 6.92 Å². The van der Waals surface area contributed by atoms with Gasteiger partial charge in [0, 0.05) is 13.0 Å². The smallest absolute Gasteiger partial charge is 0.145 e. The third-order valence-electron chi connectivity index (χ3n) is 1.76. The summed E-state index contributed by atoms with van der Waals surface area (Å²) >= 11 is 5.62. The van der Waals surface area contributed by atoms with Gasteiger partial charge in [-0.25, -0.2) is 4.39 Å². The summed E-state index contributed by atoms with van der Waals surface area (Å²) in [7, 11) is 0. The van der Waals surface area contributed by atoms with Crippen molar-refractivity contribution in [1.82, 2.24) is 0 Å². The van der Waals surface area contributed by atoms with Crippen LogP contribution < -0.4 is 5.73 Å². The van der Waals surface area contributed by atoms with Crippen molar-refractivity contribution in [2.45, 2.75) is 13.3 Å². The van der Waals surface area contributed by atoms with Gasteiger partial charge in [-0.05, 0) is 18.6 Å². The van der Waals surface area contributed by atoms with E-state index < -0.39 is 5.82 Å². The maximum Gasteiger partial charge on any atom is 0.145 e. The van der Waals surface area contributed by atoms with Crippen LogP contribution in [-0.2, 0) is 6.42 Å². The molecule has 1 rings (SSSR count). The Balaban J connectivity index is 2.87. The van der Waals surface area contributed by atoms with E-state index in [9.17, 15) is 4.39 Å². The van der Waals surface area contributed by atoms with Crippen LogP contribution in [0.5, 0.6) is 0 Å². The number of halogens is 2. The minimum Gasteiger partial charge on any atom is -0.387 e. The molecule has 2 nitrogen and oxygen atoms in total. The maximum atomic E-state index is 13.4. The van der Waals surface area contributed by atoms with Gasteiger partial charge >= 0.3 is 0 Å². The summed E-state index contributed by atoms with van der Waals surface area (Å²) in [4.78, 5) is 3.98. The third kappa shape index (κ3) is 2.70. The molecule has 0 saturated carbocycles. The van der Waals surface area contributed by atoms with Crippen LogP contribution >= 0.6 is 11.6 Å². The van der Waals surface area contributed by atoms with E-state index in [-0.39, 0.29) is 5.02 Å². The molecule has 0 bridgehead atoms. The summed E-state index contributed by atoms with van der Waals surface area (Å²) in [6, 6.07) is 4.85. The van der Waals surface area contributed by atoms with Gasteiger partial charge in [0.05, 0.1) is 10.9 Å². The van der Waals surface area contributed by atoms with E-state index >= 15 is 0 Å². The molecule has 0 aromatic heterocycles. The van der Waals surface area contributed by atoms with Crippen molar-refractivity contribution in [3.63, 3.8) is 0 Å². The number of hydrogen-bond donors (Lipinski definition) is 1. The summed E-state index contributed by atoms with van der Waals surface area (Å²) in [5.41, 5.74) is 6.05. The predicted octanol–water partition coefficient (Wildman–Crippen LogP) is 2.40. The average molecular weight is 215 g/mol. The Bertz CT molecular complexity index is 350. The van der Waals surface area contributed by atoms with Crippen LogP contribution in [-0.4, -0.2) is 12.4 Å². The van der Waals surface area contributed by atoms with E-state index in [4.69, 9.17) is 17.3 Å². The molecule has 0 aliphatic heterocycles. The number of nitrogens with zero attached hydrogens (tertiary/aromatic N) is 1. The fourth-order valence-corrected chi connectivity index (χ4v) is 1.33. The second-order valence-corrected chi connectivity index (χ2v) is 3.26. The molecule has 4 heteroatoms. The van der Waals surface area contributed by atoms with Crippen LogP contribution in [0.4, 0.5) is 4.39 Å². The number of amidine groups is 1. The lowest BCUT2D eigenvalue weighted by atomic mass is 10.1. The second-order valence-electron chi connectivity index (χ2n) is 2.86. The van der Waals surface area contributed by atoms with Crippen LogP contribution in [0.2, 0.25) is 5.02 Å². The Kier molecular flexibility index (Phi) is 3.89. The average Bonchev–Trinajstić information content (AvgIpc) is 2.13. The van der Waals surface area contributed by atoms with Gasteiger partial charge in [-0.2, -0.15) is 0 Å². The molecule has 0 saturated heterocycles. The first-order valence-corrected chi connectivity index (χ1v) is 4.74. The standard InChI is InChI=1S/C10H12ClFN2/c1-2-14-9(13)6-7-4-3-5-8(11)10(7)12/h3-5H,2,6H2,1H3,(H2,13,14). The summed E-state index contributed by atoms with van der Waals surface area (Å²) in [6.45, 7) is 2.48. The first-order chi connectivity index (χ1) is 6.65. The predicted molar refractivity (Wildman–Crippen MR) is 57.3 cm³/mol. The van der Waals surface area contributed by atoms with Gasteiger partial charge in [0.2, 0.25) is 0 Å². The number of nitrogens with two attached hydrogens (primary N) is 1. The normalized spacial score (nSPS) is 11.8. The lowest BCUT2D eigenvalue weighted by molar-refractivity contribution is 0.616. The van der Waals surface area contributed by atoms with Crippen molar-refractivity contribution in [2.24, 2.45) is 10.7 Å². The highest BCUT2D eigenvalue weighted by molar-refractivity contribution is 6.30. The van der Waals surface area contributed by atoms with Gasteiger partial charge in [0.15, 0.2) is 0 Å². The zero-order chi connectivity index (χ0) is 10.6. The molecule has 0 atom stereocenters. The molecular formula is C10H12ClFN2. The minimum atomic E-state index is -0.414. The summed E-state index contributed by atoms with van der Waals surface area (Å²) in [5, 5.41) is 0.117. The molecule has 0 heterocycles. The number of benzene rings is 1. The lowest BCUT2D eigenvalue weighted by Crippen LogP contribution is -2.16. The molecule has 0 amide bonds. The van der Waals surface area contributed by atoms with Crippen LogP contribution in [0.1, 0.15) is 12.5 Å². The molecule has 0 aliphatic carbocycles. The summed E-state index contributed by atoms with van der Waals surface area (Å²) in [6.07, 6.45) is 0.306. The third-order valence-corrected chi connectivity index (χ3v) is 2.06. The van der Waals surface area contributed by atoms with Gasteiger partial charge in [0.25, 0.3) is 0 Å². The topological polar surface area (TPSA) is 38.4 Å². The zero-order valence-corrected chi connectivity index (χ0v) is 8.68. The van der Waals surface area contributed by atoms with Crippen molar-refractivity contribution < 1.29 is 4.39 Å². The minimum absolute atomic E-state index is 0.117. The van der Waals surface area contributed by atoms with E-state index in [1.165, 1.54) is 6.07 Å². The Morgan fingerprint density at radius 2 is 2.29 bits per heavy atom. The Labute approximate surface area is 87.6 Å². The highest BCUT2D eigenvalue weighted by Gasteiger charge is 2.06. The highest BCUT2D eigenvalue weighted by atomic mass is 35.5. The molecule has 76 valence electrons. The fraction of sp³-hybridized carbons (Fsp3) is 0.300. The highest BCUT2D eigenvalue weighted by Crippen LogP contribution is 2.17. The van der Waals surface area contributed by atoms with Crippen LogP contribution in [0, 0.1) is 5.82 Å². The van der Waals surface area contributed by atoms with E-state index in [0.29, 0.717) is 24.4 Å². The van der Waals surface area contributed by atoms with E-state index in [0.717, 1.165) is 0 Å². The number of aliphatic imine (C=N–C) groups is 1. The molecule has 14 heavy (non-hydrogen) atoms. The van der Waals surface area contributed by atoms with Gasteiger partial charge in [-0.3, -0.25) is 4.99 Å². The lowest BCUT2D eigenvalue weighted by Gasteiger charge is -2.03. The first kappa shape index (κ1) is 11.0. The van der Waals surface area contributed by atoms with Gasteiger partial charge in [-0.1, -0.05) is 23.7 Å². The molecule has 0 spiro atoms.